The lowest BCUT2D eigenvalue weighted by Crippen LogP contribution is -2.17. The van der Waals surface area contributed by atoms with Gasteiger partial charge < -0.3 is 9.73 Å². The minimum Gasteiger partial charge on any atom is -0.458 e. The summed E-state index contributed by atoms with van der Waals surface area (Å²) in [4.78, 5) is 11.4. The molecule has 1 aromatic rings. The Morgan fingerprint density at radius 2 is 2.36 bits per heavy atom. The monoisotopic (exact) mass is 193 g/mol. The molecule has 1 N–H and O–H groups in total. The highest BCUT2D eigenvalue weighted by molar-refractivity contribution is 5.95. The maximum absolute atomic E-state index is 11.4. The predicted octanol–water partition coefficient (Wildman–Crippen LogP) is 1.81. The van der Waals surface area contributed by atoms with E-state index in [4.69, 9.17) is 4.42 Å². The molecule has 76 valence electrons. The molecule has 14 heavy (non-hydrogen) atoms. The zero-order valence-electron chi connectivity index (χ0n) is 8.54. The molecule has 2 atom stereocenters. The minimum absolute atomic E-state index is 0.0204. The van der Waals surface area contributed by atoms with Gasteiger partial charge in [0.1, 0.15) is 5.76 Å². The number of carbonyl (C=O) groups is 1. The molecule has 0 amide bonds. The summed E-state index contributed by atoms with van der Waals surface area (Å²) in [5.41, 5.74) is 0. The molecular formula is C11H15NO2. The van der Waals surface area contributed by atoms with E-state index in [0.29, 0.717) is 24.1 Å². The van der Waals surface area contributed by atoms with E-state index in [9.17, 15) is 4.79 Å². The lowest BCUT2D eigenvalue weighted by Gasteiger charge is -1.95. The molecule has 1 saturated carbocycles. The van der Waals surface area contributed by atoms with E-state index < -0.39 is 0 Å². The van der Waals surface area contributed by atoms with Crippen molar-refractivity contribution in [1.29, 1.82) is 0 Å². The molecule has 3 nitrogen and oxygen atoms in total. The van der Waals surface area contributed by atoms with Gasteiger partial charge in [0.15, 0.2) is 5.76 Å². The summed E-state index contributed by atoms with van der Waals surface area (Å²) in [6, 6.07) is 3.71. The van der Waals surface area contributed by atoms with Gasteiger partial charge >= 0.3 is 0 Å². The van der Waals surface area contributed by atoms with Gasteiger partial charge in [-0.2, -0.15) is 0 Å². The Labute approximate surface area is 83.5 Å². The summed E-state index contributed by atoms with van der Waals surface area (Å²) in [7, 11) is 1.75. The molecule has 2 rings (SSSR count). The first-order valence-corrected chi connectivity index (χ1v) is 5.00. The summed E-state index contributed by atoms with van der Waals surface area (Å²) in [5, 5.41) is 2.82. The highest BCUT2D eigenvalue weighted by Crippen LogP contribution is 2.47. The average molecular weight is 193 g/mol. The lowest BCUT2D eigenvalue weighted by atomic mass is 10.2. The fraction of sp³-hybridized carbons (Fsp3) is 0.545. The quantitative estimate of drug-likeness (QED) is 0.741. The van der Waals surface area contributed by atoms with Crippen LogP contribution in [0.25, 0.3) is 0 Å². The highest BCUT2D eigenvalue weighted by Gasteiger charge is 2.36. The van der Waals surface area contributed by atoms with Crippen LogP contribution in [0.1, 0.15) is 35.6 Å². The van der Waals surface area contributed by atoms with Crippen LogP contribution in [0, 0.1) is 5.92 Å². The second kappa shape index (κ2) is 3.58. The van der Waals surface area contributed by atoms with Gasteiger partial charge in [0, 0.05) is 5.92 Å². The molecular weight excluding hydrogens is 178 g/mol. The first-order chi connectivity index (χ1) is 6.72. The highest BCUT2D eigenvalue weighted by atomic mass is 16.3. The van der Waals surface area contributed by atoms with Crippen molar-refractivity contribution in [3.8, 4) is 0 Å². The number of carbonyl (C=O) groups excluding carboxylic acids is 1. The summed E-state index contributed by atoms with van der Waals surface area (Å²) in [6.07, 6.45) is 1.19. The second-order valence-electron chi connectivity index (χ2n) is 3.98. The number of Topliss-reactive ketones (excluding diaryl/α,β-unsaturated/α-hetero) is 1. The third-order valence-corrected chi connectivity index (χ3v) is 2.71. The van der Waals surface area contributed by atoms with Gasteiger partial charge in [-0.1, -0.05) is 6.92 Å². The largest absolute Gasteiger partial charge is 0.458 e. The SMILES string of the molecule is CNCC(=O)c1ccc(C2CC2C)o1. The van der Waals surface area contributed by atoms with Crippen molar-refractivity contribution in [2.75, 3.05) is 13.6 Å². The smallest absolute Gasteiger partial charge is 0.211 e. The molecule has 1 aliphatic rings. The summed E-state index contributed by atoms with van der Waals surface area (Å²) < 4.78 is 5.50. The molecule has 1 aliphatic carbocycles. The minimum atomic E-state index is 0.0204. The van der Waals surface area contributed by atoms with Gasteiger partial charge in [0.25, 0.3) is 0 Å². The topological polar surface area (TPSA) is 42.2 Å². The molecule has 3 heteroatoms. The molecule has 0 spiro atoms. The lowest BCUT2D eigenvalue weighted by molar-refractivity contribution is 0.0965. The van der Waals surface area contributed by atoms with Crippen molar-refractivity contribution in [3.63, 3.8) is 0 Å². The van der Waals surface area contributed by atoms with E-state index in [-0.39, 0.29) is 5.78 Å². The molecule has 1 heterocycles. The van der Waals surface area contributed by atoms with Crippen LogP contribution in [0.2, 0.25) is 0 Å². The number of ketones is 1. The van der Waals surface area contributed by atoms with Crippen LogP contribution in [0.5, 0.6) is 0 Å². The van der Waals surface area contributed by atoms with E-state index in [1.54, 1.807) is 13.1 Å². The zero-order valence-corrected chi connectivity index (χ0v) is 8.54. The molecule has 0 radical (unpaired) electrons. The maximum atomic E-state index is 11.4. The third-order valence-electron chi connectivity index (χ3n) is 2.71. The van der Waals surface area contributed by atoms with E-state index in [2.05, 4.69) is 12.2 Å². The molecule has 1 fully saturated rings. The van der Waals surface area contributed by atoms with Crippen LogP contribution in [0.3, 0.4) is 0 Å². The summed E-state index contributed by atoms with van der Waals surface area (Å²) in [5.74, 6) is 2.73. The summed E-state index contributed by atoms with van der Waals surface area (Å²) >= 11 is 0. The molecule has 0 saturated heterocycles. The van der Waals surface area contributed by atoms with Crippen LogP contribution < -0.4 is 5.32 Å². The fourth-order valence-corrected chi connectivity index (χ4v) is 1.67. The maximum Gasteiger partial charge on any atom is 0.211 e. The number of nitrogens with one attached hydrogen (secondary N) is 1. The van der Waals surface area contributed by atoms with Crippen molar-refractivity contribution >= 4 is 5.78 Å². The Bertz CT molecular complexity index is 343. The van der Waals surface area contributed by atoms with Crippen LogP contribution >= 0.6 is 0 Å². The molecule has 1 aromatic heterocycles. The van der Waals surface area contributed by atoms with E-state index in [1.165, 1.54) is 6.42 Å². The van der Waals surface area contributed by atoms with Crippen LogP contribution in [0.15, 0.2) is 16.5 Å². The second-order valence-corrected chi connectivity index (χ2v) is 3.98. The van der Waals surface area contributed by atoms with Crippen molar-refractivity contribution in [3.05, 3.63) is 23.7 Å². The Morgan fingerprint density at radius 1 is 1.64 bits per heavy atom. The van der Waals surface area contributed by atoms with Crippen molar-refractivity contribution < 1.29 is 9.21 Å². The average Bonchev–Trinajstić information content (AvgIpc) is 2.70. The van der Waals surface area contributed by atoms with Gasteiger partial charge in [0.2, 0.25) is 5.78 Å². The van der Waals surface area contributed by atoms with Crippen LogP contribution in [-0.2, 0) is 0 Å². The number of hydrogen-bond donors (Lipinski definition) is 1. The van der Waals surface area contributed by atoms with Crippen molar-refractivity contribution in [1.82, 2.24) is 5.32 Å². The van der Waals surface area contributed by atoms with Crippen LogP contribution in [-0.4, -0.2) is 19.4 Å². The number of rotatable bonds is 4. The Kier molecular flexibility index (Phi) is 2.42. The Morgan fingerprint density at radius 3 is 2.93 bits per heavy atom. The Hall–Kier alpha value is -1.09. The predicted molar refractivity (Wildman–Crippen MR) is 53.5 cm³/mol. The van der Waals surface area contributed by atoms with Crippen molar-refractivity contribution in [2.24, 2.45) is 5.92 Å². The third kappa shape index (κ3) is 1.73. The number of furan rings is 1. The fourth-order valence-electron chi connectivity index (χ4n) is 1.67. The Balaban J connectivity index is 2.06. The van der Waals surface area contributed by atoms with Crippen LogP contribution in [0.4, 0.5) is 0 Å². The van der Waals surface area contributed by atoms with E-state index in [1.807, 2.05) is 6.07 Å². The molecule has 0 bridgehead atoms. The molecule has 2 unspecified atom stereocenters. The standard InChI is InChI=1S/C11H15NO2/c1-7-5-8(7)10-3-4-11(14-10)9(13)6-12-2/h3-4,7-8,12H,5-6H2,1-2H3. The van der Waals surface area contributed by atoms with Gasteiger partial charge in [-0.25, -0.2) is 0 Å². The summed E-state index contributed by atoms with van der Waals surface area (Å²) in [6.45, 7) is 2.54. The van der Waals surface area contributed by atoms with E-state index in [0.717, 1.165) is 5.76 Å². The van der Waals surface area contributed by atoms with Gasteiger partial charge in [-0.05, 0) is 31.5 Å². The molecule has 0 aliphatic heterocycles. The normalized spacial score (nSPS) is 25.0. The first-order valence-electron chi connectivity index (χ1n) is 5.00. The molecule has 0 aromatic carbocycles. The van der Waals surface area contributed by atoms with Gasteiger partial charge in [-0.3, -0.25) is 4.79 Å². The number of hydrogen-bond acceptors (Lipinski definition) is 3. The van der Waals surface area contributed by atoms with Gasteiger partial charge in [-0.15, -0.1) is 0 Å². The zero-order chi connectivity index (χ0) is 10.1. The van der Waals surface area contributed by atoms with E-state index >= 15 is 0 Å². The number of likely N-dealkylation sites (N-methyl/N-ethyl adjacent to an activating group) is 1. The van der Waals surface area contributed by atoms with Crippen molar-refractivity contribution in [2.45, 2.75) is 19.3 Å². The first kappa shape index (κ1) is 9.46. The van der Waals surface area contributed by atoms with Gasteiger partial charge in [0.05, 0.1) is 6.54 Å².